The van der Waals surface area contributed by atoms with Crippen molar-refractivity contribution in [3.63, 3.8) is 0 Å². The summed E-state index contributed by atoms with van der Waals surface area (Å²) in [5.74, 6) is -2.17. The third-order valence-electron chi connectivity index (χ3n) is 4.92. The largest absolute Gasteiger partial charge is 0.490 e. The SMILES string of the molecule is COCCn1ncc(Nc2ncc(Cl)c(Nc3ccc4nccnc4c3P(C)(C)=O)n2)c1Cl.O=C(O)C(F)(F)F. The number of alkyl halides is 3. The maximum atomic E-state index is 13.1. The Morgan fingerprint density at radius 2 is 1.77 bits per heavy atom. The maximum absolute atomic E-state index is 13.1. The Kier molecular flexibility index (Phi) is 9.90. The molecule has 1 aromatic carbocycles. The summed E-state index contributed by atoms with van der Waals surface area (Å²) in [5, 5.41) is 18.8. The van der Waals surface area contributed by atoms with Gasteiger partial charge in [0.25, 0.3) is 0 Å². The average molecular weight is 621 g/mol. The number of methoxy groups -OCH3 is 1. The van der Waals surface area contributed by atoms with Crippen molar-refractivity contribution < 1.29 is 32.4 Å². The number of aromatic nitrogens is 6. The number of aliphatic carboxylic acids is 1. The van der Waals surface area contributed by atoms with Crippen LogP contribution in [0.1, 0.15) is 0 Å². The van der Waals surface area contributed by atoms with Gasteiger partial charge in [-0.25, -0.2) is 14.5 Å². The number of hydrogen-bond donors (Lipinski definition) is 3. The van der Waals surface area contributed by atoms with E-state index in [9.17, 15) is 17.7 Å². The number of carboxylic acid groups (broad SMARTS) is 1. The summed E-state index contributed by atoms with van der Waals surface area (Å²) in [4.78, 5) is 26.3. The minimum Gasteiger partial charge on any atom is -0.475 e. The van der Waals surface area contributed by atoms with Gasteiger partial charge in [0.1, 0.15) is 17.7 Å². The summed E-state index contributed by atoms with van der Waals surface area (Å²) in [6.07, 6.45) is 1.12. The van der Waals surface area contributed by atoms with Gasteiger partial charge in [-0.1, -0.05) is 23.2 Å². The summed E-state index contributed by atoms with van der Waals surface area (Å²) in [7, 11) is -1.13. The second kappa shape index (κ2) is 12.8. The molecule has 40 heavy (non-hydrogen) atoms. The predicted molar refractivity (Wildman–Crippen MR) is 145 cm³/mol. The van der Waals surface area contributed by atoms with Crippen LogP contribution in [-0.4, -0.2) is 74.0 Å². The average Bonchev–Trinajstić information content (AvgIpc) is 3.22. The van der Waals surface area contributed by atoms with E-state index < -0.39 is 19.3 Å². The van der Waals surface area contributed by atoms with Gasteiger partial charge in [-0.2, -0.15) is 23.3 Å². The fraction of sp³-hybridized carbons (Fsp3) is 0.273. The molecule has 0 bridgehead atoms. The van der Waals surface area contributed by atoms with E-state index in [2.05, 4.69) is 35.7 Å². The number of hydrogen-bond acceptors (Lipinski definition) is 10. The van der Waals surface area contributed by atoms with E-state index >= 15 is 0 Å². The van der Waals surface area contributed by atoms with Gasteiger partial charge in [-0.05, 0) is 25.5 Å². The van der Waals surface area contributed by atoms with Crippen molar-refractivity contribution in [2.75, 3.05) is 37.7 Å². The molecular formula is C22H22Cl2F3N8O4P. The Balaban J connectivity index is 0.000000559. The molecule has 0 radical (unpaired) electrons. The van der Waals surface area contributed by atoms with Gasteiger partial charge in [0.2, 0.25) is 5.95 Å². The van der Waals surface area contributed by atoms with Crippen LogP contribution in [0.15, 0.2) is 36.9 Å². The lowest BCUT2D eigenvalue weighted by Crippen LogP contribution is -2.21. The molecular weight excluding hydrogens is 599 g/mol. The molecule has 0 fully saturated rings. The molecule has 214 valence electrons. The van der Waals surface area contributed by atoms with Crippen LogP contribution in [0.2, 0.25) is 10.2 Å². The van der Waals surface area contributed by atoms with Crippen molar-refractivity contribution >= 4 is 75.8 Å². The molecule has 0 spiro atoms. The standard InChI is InChI=1S/C20H21Cl2N8O2P.C2HF3O2/c1-32-9-8-30-18(22)15(11-26-30)28-20-25-10-12(21)19(29-20)27-14-5-4-13-16(24-7-6-23-13)17(14)33(2,3)31;3-2(4,5)1(6)7/h4-7,10-11H,8-9H2,1-3H3,(H2,25,27,28,29);(H,6,7). The molecule has 3 N–H and O–H groups in total. The van der Waals surface area contributed by atoms with Crippen LogP contribution in [0.25, 0.3) is 11.0 Å². The third kappa shape index (κ3) is 7.78. The van der Waals surface area contributed by atoms with Gasteiger partial charge in [-0.3, -0.25) is 9.97 Å². The summed E-state index contributed by atoms with van der Waals surface area (Å²) in [6, 6.07) is 3.58. The number of carboxylic acids is 1. The highest BCUT2D eigenvalue weighted by atomic mass is 35.5. The van der Waals surface area contributed by atoms with E-state index in [4.69, 9.17) is 37.8 Å². The molecule has 3 aromatic heterocycles. The minimum absolute atomic E-state index is 0.258. The zero-order valence-corrected chi connectivity index (χ0v) is 23.5. The Morgan fingerprint density at radius 1 is 1.10 bits per heavy atom. The minimum atomic E-state index is -5.08. The van der Waals surface area contributed by atoms with E-state index in [1.807, 2.05) is 0 Å². The Bertz CT molecular complexity index is 1570. The van der Waals surface area contributed by atoms with Gasteiger partial charge in [0.15, 0.2) is 11.0 Å². The third-order valence-corrected chi connectivity index (χ3v) is 7.13. The monoisotopic (exact) mass is 620 g/mol. The number of rotatable bonds is 8. The van der Waals surface area contributed by atoms with Crippen molar-refractivity contribution in [1.29, 1.82) is 0 Å². The highest BCUT2D eigenvalue weighted by Crippen LogP contribution is 2.41. The first-order valence-electron chi connectivity index (χ1n) is 11.1. The molecule has 4 aromatic rings. The summed E-state index contributed by atoms with van der Waals surface area (Å²) < 4.78 is 51.5. The van der Waals surface area contributed by atoms with E-state index in [1.165, 1.54) is 6.20 Å². The quantitative estimate of drug-likeness (QED) is 0.229. The number of fused-ring (bicyclic) bond motifs is 1. The van der Waals surface area contributed by atoms with Crippen LogP contribution in [0.3, 0.4) is 0 Å². The first-order chi connectivity index (χ1) is 18.7. The lowest BCUT2D eigenvalue weighted by atomic mass is 10.2. The topological polar surface area (TPSA) is 157 Å². The molecule has 18 heteroatoms. The van der Waals surface area contributed by atoms with E-state index in [1.54, 1.807) is 55.8 Å². The van der Waals surface area contributed by atoms with Gasteiger partial charge in [-0.15, -0.1) is 0 Å². The number of anilines is 4. The zero-order valence-electron chi connectivity index (χ0n) is 21.1. The Labute approximate surface area is 235 Å². The second-order valence-corrected chi connectivity index (χ2v) is 12.2. The Hall–Kier alpha value is -3.52. The number of benzene rings is 1. The highest BCUT2D eigenvalue weighted by Gasteiger charge is 2.38. The zero-order chi connectivity index (χ0) is 29.7. The van der Waals surface area contributed by atoms with E-state index in [-0.39, 0.29) is 11.0 Å². The fourth-order valence-electron chi connectivity index (χ4n) is 3.22. The predicted octanol–water partition coefficient (Wildman–Crippen LogP) is 4.94. The number of carbonyl (C=O) groups is 1. The normalized spacial score (nSPS) is 11.6. The van der Waals surface area contributed by atoms with Crippen LogP contribution >= 0.6 is 30.3 Å². The number of nitrogens with zero attached hydrogens (tertiary/aromatic N) is 6. The van der Waals surface area contributed by atoms with Crippen LogP contribution in [-0.2, 0) is 20.6 Å². The van der Waals surface area contributed by atoms with Gasteiger partial charge >= 0.3 is 12.1 Å². The summed E-state index contributed by atoms with van der Waals surface area (Å²) in [5.41, 5.74) is 2.33. The lowest BCUT2D eigenvalue weighted by molar-refractivity contribution is -0.192. The molecule has 0 unspecified atom stereocenters. The summed E-state index contributed by atoms with van der Waals surface area (Å²) in [6.45, 7) is 4.34. The molecule has 0 aliphatic rings. The maximum Gasteiger partial charge on any atom is 0.490 e. The number of nitrogens with one attached hydrogen (secondary N) is 2. The van der Waals surface area contributed by atoms with Crippen molar-refractivity contribution in [2.24, 2.45) is 0 Å². The van der Waals surface area contributed by atoms with Crippen LogP contribution < -0.4 is 15.9 Å². The molecule has 0 aliphatic heterocycles. The molecule has 0 saturated heterocycles. The second-order valence-electron chi connectivity index (χ2n) is 8.24. The van der Waals surface area contributed by atoms with Gasteiger partial charge in [0.05, 0.1) is 47.7 Å². The molecule has 4 rings (SSSR count). The van der Waals surface area contributed by atoms with Crippen molar-refractivity contribution in [3.05, 3.63) is 47.1 Å². The molecule has 0 saturated carbocycles. The first kappa shape index (κ1) is 31.0. The number of halogens is 5. The molecule has 0 atom stereocenters. The van der Waals surface area contributed by atoms with Crippen molar-refractivity contribution in [1.82, 2.24) is 29.7 Å². The molecule has 0 aliphatic carbocycles. The van der Waals surface area contributed by atoms with Crippen molar-refractivity contribution in [3.8, 4) is 0 Å². The molecule has 3 heterocycles. The smallest absolute Gasteiger partial charge is 0.475 e. The highest BCUT2D eigenvalue weighted by molar-refractivity contribution is 7.71. The fourth-order valence-corrected chi connectivity index (χ4v) is 4.97. The van der Waals surface area contributed by atoms with E-state index in [0.29, 0.717) is 51.8 Å². The lowest BCUT2D eigenvalue weighted by Gasteiger charge is -2.17. The summed E-state index contributed by atoms with van der Waals surface area (Å²) >= 11 is 12.7. The van der Waals surface area contributed by atoms with Crippen LogP contribution in [0.4, 0.5) is 36.3 Å². The van der Waals surface area contributed by atoms with Gasteiger partial charge < -0.3 is 25.0 Å². The van der Waals surface area contributed by atoms with Crippen molar-refractivity contribution in [2.45, 2.75) is 12.7 Å². The Morgan fingerprint density at radius 3 is 2.40 bits per heavy atom. The first-order valence-corrected chi connectivity index (χ1v) is 14.4. The van der Waals surface area contributed by atoms with Crippen LogP contribution in [0, 0.1) is 0 Å². The molecule has 12 nitrogen and oxygen atoms in total. The van der Waals surface area contributed by atoms with E-state index in [0.717, 1.165) is 0 Å². The van der Waals surface area contributed by atoms with Crippen LogP contribution in [0.5, 0.6) is 0 Å². The molecule has 0 amide bonds. The van der Waals surface area contributed by atoms with Gasteiger partial charge in [0, 0.05) is 19.5 Å². The number of ether oxygens (including phenoxy) is 1.